The number of carbonyl (C=O) groups is 2. The predicted octanol–water partition coefficient (Wildman–Crippen LogP) is 0.455. The highest BCUT2D eigenvalue weighted by Crippen LogP contribution is 2.05. The number of hydrogen-bond acceptors (Lipinski definition) is 5. The molecule has 0 unspecified atom stereocenters. The first-order valence-corrected chi connectivity index (χ1v) is 7.25. The van der Waals surface area contributed by atoms with Gasteiger partial charge in [-0.1, -0.05) is 13.8 Å². The van der Waals surface area contributed by atoms with Crippen molar-refractivity contribution in [2.45, 2.75) is 46.3 Å². The Bertz CT molecular complexity index is 418. The highest BCUT2D eigenvalue weighted by Gasteiger charge is 2.26. The van der Waals surface area contributed by atoms with E-state index >= 15 is 0 Å². The molecule has 3 N–H and O–H groups in total. The van der Waals surface area contributed by atoms with Gasteiger partial charge in [0.05, 0.1) is 6.10 Å². The summed E-state index contributed by atoms with van der Waals surface area (Å²) in [4.78, 5) is 22.0. The fourth-order valence-electron chi connectivity index (χ4n) is 1.24. The molecule has 0 aromatic carbocycles. The number of aliphatic carboxylic acids is 1. The molecule has 8 nitrogen and oxygen atoms in total. The first-order chi connectivity index (χ1) is 8.53. The number of nitrogens with one attached hydrogen (secondary N) is 2. The van der Waals surface area contributed by atoms with Gasteiger partial charge in [-0.2, -0.15) is 13.1 Å². The van der Waals surface area contributed by atoms with Crippen LogP contribution in [0.2, 0.25) is 0 Å². The molecule has 0 radical (unpaired) electrons. The number of rotatable bonds is 7. The minimum atomic E-state index is -4.27. The van der Waals surface area contributed by atoms with Gasteiger partial charge in [-0.25, -0.2) is 9.52 Å². The molecule has 0 saturated carbocycles. The topological polar surface area (TPSA) is 122 Å². The lowest BCUT2D eigenvalue weighted by molar-refractivity contribution is -0.139. The molecular weight excluding hydrogens is 276 g/mol. The van der Waals surface area contributed by atoms with Crippen LogP contribution in [0.1, 0.15) is 34.1 Å². The van der Waals surface area contributed by atoms with E-state index in [9.17, 15) is 18.0 Å². The zero-order valence-electron chi connectivity index (χ0n) is 11.3. The summed E-state index contributed by atoms with van der Waals surface area (Å²) >= 11 is 0. The van der Waals surface area contributed by atoms with Crippen molar-refractivity contribution in [3.05, 3.63) is 0 Å². The van der Waals surface area contributed by atoms with Crippen LogP contribution in [0.5, 0.6) is 0 Å². The van der Waals surface area contributed by atoms with Gasteiger partial charge < -0.3 is 9.84 Å². The number of carboxylic acids is 1. The van der Waals surface area contributed by atoms with Crippen LogP contribution in [0, 0.1) is 5.92 Å². The summed E-state index contributed by atoms with van der Waals surface area (Å²) in [6, 6.07) is -1.30. The highest BCUT2D eigenvalue weighted by molar-refractivity contribution is 7.88. The molecule has 0 aromatic rings. The van der Waals surface area contributed by atoms with Crippen molar-refractivity contribution in [3.63, 3.8) is 0 Å². The van der Waals surface area contributed by atoms with Crippen LogP contribution >= 0.6 is 0 Å². The highest BCUT2D eigenvalue weighted by atomic mass is 32.2. The Morgan fingerprint density at radius 2 is 1.74 bits per heavy atom. The third kappa shape index (κ3) is 8.38. The van der Waals surface area contributed by atoms with Crippen molar-refractivity contribution in [1.82, 2.24) is 9.44 Å². The molecule has 0 aliphatic rings. The standard InChI is InChI=1S/C10H20N2O6S/c1-6(2)5-8(9(13)14)11-19(16,17)12-10(15)18-7(3)4/h6-8,11H,5H2,1-4H3,(H,12,15)(H,13,14)/t8-/m1/s1. The summed E-state index contributed by atoms with van der Waals surface area (Å²) in [7, 11) is -4.27. The molecule has 0 aliphatic carbocycles. The van der Waals surface area contributed by atoms with Crippen LogP contribution in [0.15, 0.2) is 0 Å². The van der Waals surface area contributed by atoms with Crippen LogP contribution in [-0.4, -0.2) is 37.7 Å². The van der Waals surface area contributed by atoms with Crippen molar-refractivity contribution in [2.24, 2.45) is 5.92 Å². The molecule has 0 fully saturated rings. The summed E-state index contributed by atoms with van der Waals surface area (Å²) in [5.74, 6) is -1.33. The van der Waals surface area contributed by atoms with Crippen molar-refractivity contribution in [2.75, 3.05) is 0 Å². The zero-order valence-corrected chi connectivity index (χ0v) is 12.2. The maximum absolute atomic E-state index is 11.5. The van der Waals surface area contributed by atoms with Gasteiger partial charge in [0.2, 0.25) is 0 Å². The van der Waals surface area contributed by atoms with Crippen molar-refractivity contribution >= 4 is 22.3 Å². The van der Waals surface area contributed by atoms with Gasteiger partial charge in [-0.15, -0.1) is 0 Å². The zero-order chi connectivity index (χ0) is 15.2. The lowest BCUT2D eigenvalue weighted by Gasteiger charge is -2.17. The van der Waals surface area contributed by atoms with E-state index < -0.39 is 34.4 Å². The summed E-state index contributed by atoms with van der Waals surface area (Å²) in [6.45, 7) is 6.62. The molecule has 0 spiro atoms. The normalized spacial score (nSPS) is 13.4. The molecule has 0 bridgehead atoms. The predicted molar refractivity (Wildman–Crippen MR) is 67.7 cm³/mol. The van der Waals surface area contributed by atoms with Crippen LogP contribution in [0.25, 0.3) is 0 Å². The van der Waals surface area contributed by atoms with Crippen LogP contribution in [0.3, 0.4) is 0 Å². The van der Waals surface area contributed by atoms with Gasteiger partial charge in [-0.3, -0.25) is 4.79 Å². The van der Waals surface area contributed by atoms with Gasteiger partial charge in [0.25, 0.3) is 0 Å². The SMILES string of the molecule is CC(C)C[C@@H](NS(=O)(=O)NC(=O)OC(C)C)C(=O)O. The smallest absolute Gasteiger partial charge is 0.422 e. The molecule has 19 heavy (non-hydrogen) atoms. The molecular formula is C10H20N2O6S. The number of amides is 1. The Morgan fingerprint density at radius 1 is 1.21 bits per heavy atom. The van der Waals surface area contributed by atoms with E-state index in [1.165, 1.54) is 0 Å². The molecule has 1 amide bonds. The van der Waals surface area contributed by atoms with Crippen LogP contribution < -0.4 is 9.44 Å². The maximum Gasteiger partial charge on any atom is 0.422 e. The van der Waals surface area contributed by atoms with Gasteiger partial charge in [0.1, 0.15) is 6.04 Å². The van der Waals surface area contributed by atoms with Crippen molar-refractivity contribution in [3.8, 4) is 0 Å². The molecule has 9 heteroatoms. The lowest BCUT2D eigenvalue weighted by atomic mass is 10.1. The van der Waals surface area contributed by atoms with E-state index in [1.54, 1.807) is 32.4 Å². The molecule has 1 atom stereocenters. The largest absolute Gasteiger partial charge is 0.480 e. The molecule has 112 valence electrons. The molecule has 0 heterocycles. The quantitative estimate of drug-likeness (QED) is 0.627. The van der Waals surface area contributed by atoms with E-state index in [1.807, 2.05) is 4.72 Å². The van der Waals surface area contributed by atoms with Gasteiger partial charge in [0.15, 0.2) is 0 Å². The Kier molecular flexibility index (Phi) is 6.77. The van der Waals surface area contributed by atoms with Gasteiger partial charge in [0, 0.05) is 0 Å². The second-order valence-corrected chi connectivity index (χ2v) is 6.14. The Hall–Kier alpha value is -1.35. The average molecular weight is 296 g/mol. The van der Waals surface area contributed by atoms with Crippen LogP contribution in [-0.2, 0) is 19.7 Å². The van der Waals surface area contributed by atoms with Crippen molar-refractivity contribution < 1.29 is 27.9 Å². The van der Waals surface area contributed by atoms with E-state index in [-0.39, 0.29) is 12.3 Å². The van der Waals surface area contributed by atoms with E-state index in [2.05, 4.69) is 4.74 Å². The van der Waals surface area contributed by atoms with E-state index in [4.69, 9.17) is 5.11 Å². The lowest BCUT2D eigenvalue weighted by Crippen LogP contribution is -2.48. The second kappa shape index (κ2) is 7.29. The number of carboxylic acid groups (broad SMARTS) is 1. The summed E-state index contributed by atoms with van der Waals surface area (Å²) < 4.78 is 31.1. The average Bonchev–Trinajstić information content (AvgIpc) is 2.11. The molecule has 0 saturated heterocycles. The van der Waals surface area contributed by atoms with Crippen LogP contribution in [0.4, 0.5) is 4.79 Å². The number of ether oxygens (including phenoxy) is 1. The molecule has 0 aliphatic heterocycles. The number of hydrogen-bond donors (Lipinski definition) is 3. The Balaban J connectivity index is 4.64. The fourth-order valence-corrected chi connectivity index (χ4v) is 2.13. The van der Waals surface area contributed by atoms with E-state index in [0.29, 0.717) is 0 Å². The third-order valence-electron chi connectivity index (χ3n) is 1.86. The minimum Gasteiger partial charge on any atom is -0.480 e. The Labute approximate surface area is 112 Å². The van der Waals surface area contributed by atoms with Crippen molar-refractivity contribution in [1.29, 1.82) is 0 Å². The fraction of sp³-hybridized carbons (Fsp3) is 0.800. The molecule has 0 aromatic heterocycles. The van der Waals surface area contributed by atoms with Gasteiger partial charge >= 0.3 is 22.3 Å². The Morgan fingerprint density at radius 3 is 2.11 bits per heavy atom. The molecule has 0 rings (SSSR count). The van der Waals surface area contributed by atoms with E-state index in [0.717, 1.165) is 0 Å². The monoisotopic (exact) mass is 296 g/mol. The first-order valence-electron chi connectivity index (χ1n) is 5.77. The maximum atomic E-state index is 11.5. The second-order valence-electron chi connectivity index (χ2n) is 4.70. The summed E-state index contributed by atoms with van der Waals surface area (Å²) in [5, 5.41) is 8.89. The first kappa shape index (κ1) is 17.6. The summed E-state index contributed by atoms with van der Waals surface area (Å²) in [5.41, 5.74) is 0. The number of carbonyl (C=O) groups excluding carboxylic acids is 1. The third-order valence-corrected chi connectivity index (χ3v) is 2.89. The van der Waals surface area contributed by atoms with Gasteiger partial charge in [-0.05, 0) is 26.2 Å². The summed E-state index contributed by atoms with van der Waals surface area (Å²) in [6.07, 6.45) is -1.53. The minimum absolute atomic E-state index is 0.0218.